The minimum absolute atomic E-state index is 0.153. The molecule has 31 heavy (non-hydrogen) atoms. The Kier molecular flexibility index (Phi) is 5.27. The summed E-state index contributed by atoms with van der Waals surface area (Å²) < 4.78 is 54.4. The Bertz CT molecular complexity index is 1260. The van der Waals surface area contributed by atoms with Crippen molar-refractivity contribution in [3.8, 4) is 17.1 Å². The van der Waals surface area contributed by atoms with E-state index < -0.39 is 29.3 Å². The summed E-state index contributed by atoms with van der Waals surface area (Å²) in [6.45, 7) is 1.85. The van der Waals surface area contributed by atoms with Crippen LogP contribution in [0.4, 0.5) is 22.7 Å². The maximum absolute atomic E-state index is 14.2. The van der Waals surface area contributed by atoms with E-state index in [1.165, 1.54) is 18.2 Å². The van der Waals surface area contributed by atoms with Gasteiger partial charge in [-0.2, -0.15) is 18.3 Å². The van der Waals surface area contributed by atoms with Crippen LogP contribution >= 0.6 is 11.3 Å². The first-order chi connectivity index (χ1) is 14.7. The predicted molar refractivity (Wildman–Crippen MR) is 107 cm³/mol. The maximum Gasteiger partial charge on any atom is 0.435 e. The number of hydrogen-bond acceptors (Lipinski definition) is 5. The van der Waals surface area contributed by atoms with Gasteiger partial charge in [0.15, 0.2) is 10.8 Å². The van der Waals surface area contributed by atoms with Gasteiger partial charge in [0.05, 0.1) is 5.69 Å². The third-order valence-electron chi connectivity index (χ3n) is 4.29. The minimum Gasteiger partial charge on any atom is -0.296 e. The Morgan fingerprint density at radius 1 is 1.16 bits per heavy atom. The van der Waals surface area contributed by atoms with E-state index >= 15 is 0 Å². The smallest absolute Gasteiger partial charge is 0.296 e. The molecule has 1 aromatic carbocycles. The van der Waals surface area contributed by atoms with Crippen LogP contribution in [0.5, 0.6) is 0 Å². The second-order valence-electron chi connectivity index (χ2n) is 6.44. The summed E-state index contributed by atoms with van der Waals surface area (Å²) in [5.41, 5.74) is -0.0785. The summed E-state index contributed by atoms with van der Waals surface area (Å²) in [5.74, 6) is -1.74. The normalized spacial score (nSPS) is 11.5. The van der Waals surface area contributed by atoms with Gasteiger partial charge in [-0.05, 0) is 30.7 Å². The average molecular weight is 447 g/mol. The molecule has 0 fully saturated rings. The van der Waals surface area contributed by atoms with E-state index in [4.69, 9.17) is 0 Å². The van der Waals surface area contributed by atoms with Gasteiger partial charge < -0.3 is 0 Å². The monoisotopic (exact) mass is 447 g/mol. The van der Waals surface area contributed by atoms with Gasteiger partial charge >= 0.3 is 6.18 Å². The number of alkyl halides is 3. The summed E-state index contributed by atoms with van der Waals surface area (Å²) in [4.78, 5) is 21.3. The summed E-state index contributed by atoms with van der Waals surface area (Å²) in [5, 5.41) is 7.68. The predicted octanol–water partition coefficient (Wildman–Crippen LogP) is 5.11. The van der Waals surface area contributed by atoms with Gasteiger partial charge in [-0.3, -0.25) is 15.1 Å². The number of amides is 1. The molecule has 0 radical (unpaired) electrons. The molecule has 0 aliphatic heterocycles. The number of pyridine rings is 1. The molecular formula is C20H13F4N5OS. The number of hydrogen-bond donors (Lipinski definition) is 1. The van der Waals surface area contributed by atoms with Crippen molar-refractivity contribution < 1.29 is 22.4 Å². The van der Waals surface area contributed by atoms with Gasteiger partial charge in [-0.25, -0.2) is 14.1 Å². The van der Waals surface area contributed by atoms with Crippen molar-refractivity contribution >= 4 is 22.4 Å². The maximum atomic E-state index is 14.2. The zero-order valence-corrected chi connectivity index (χ0v) is 16.6. The molecule has 1 N–H and O–H groups in total. The molecule has 0 saturated carbocycles. The minimum atomic E-state index is -4.81. The Morgan fingerprint density at radius 3 is 2.65 bits per heavy atom. The van der Waals surface area contributed by atoms with E-state index in [1.54, 1.807) is 17.6 Å². The van der Waals surface area contributed by atoms with Crippen LogP contribution in [-0.2, 0) is 6.18 Å². The molecule has 1 amide bonds. The lowest BCUT2D eigenvalue weighted by Crippen LogP contribution is -2.17. The molecule has 0 atom stereocenters. The summed E-state index contributed by atoms with van der Waals surface area (Å²) in [6, 6.07) is 9.29. The highest BCUT2D eigenvalue weighted by Gasteiger charge is 2.36. The van der Waals surface area contributed by atoms with E-state index in [0.717, 1.165) is 23.0 Å². The van der Waals surface area contributed by atoms with Crippen LogP contribution in [0.1, 0.15) is 21.7 Å². The first-order valence-electron chi connectivity index (χ1n) is 8.85. The third-order valence-corrected chi connectivity index (χ3v) is 5.05. The number of carbonyl (C=O) groups excluding carboxylic acids is 1. The van der Waals surface area contributed by atoms with Crippen molar-refractivity contribution in [1.82, 2.24) is 19.7 Å². The molecule has 0 spiro atoms. The molecule has 0 aliphatic carbocycles. The summed E-state index contributed by atoms with van der Waals surface area (Å²) >= 11 is 1.08. The van der Waals surface area contributed by atoms with Crippen molar-refractivity contribution in [2.75, 3.05) is 5.32 Å². The lowest BCUT2D eigenvalue weighted by molar-refractivity contribution is -0.141. The zero-order valence-electron chi connectivity index (χ0n) is 15.8. The Balaban J connectivity index is 1.68. The second kappa shape index (κ2) is 7.91. The largest absolute Gasteiger partial charge is 0.435 e. The lowest BCUT2D eigenvalue weighted by atomic mass is 10.2. The molecule has 0 aliphatic rings. The first-order valence-corrected chi connectivity index (χ1v) is 9.73. The molecule has 11 heteroatoms. The number of aromatic nitrogens is 4. The Labute approximate surface area is 177 Å². The van der Waals surface area contributed by atoms with Crippen LogP contribution in [0.3, 0.4) is 0 Å². The van der Waals surface area contributed by atoms with Crippen LogP contribution in [-0.4, -0.2) is 25.7 Å². The van der Waals surface area contributed by atoms with Gasteiger partial charge in [-0.15, -0.1) is 11.3 Å². The fraction of sp³-hybridized carbons (Fsp3) is 0.100. The number of thiazole rings is 1. The van der Waals surface area contributed by atoms with Crippen molar-refractivity contribution in [3.63, 3.8) is 0 Å². The molecule has 6 nitrogen and oxygen atoms in total. The van der Waals surface area contributed by atoms with Gasteiger partial charge in [-0.1, -0.05) is 18.2 Å². The van der Waals surface area contributed by atoms with Crippen LogP contribution in [0, 0.1) is 12.7 Å². The number of nitrogens with zero attached hydrogens (tertiary/aromatic N) is 4. The number of carbonyl (C=O) groups is 1. The highest BCUT2D eigenvalue weighted by molar-refractivity contribution is 7.14. The molecule has 4 aromatic rings. The number of rotatable bonds is 4. The highest BCUT2D eigenvalue weighted by Crippen LogP contribution is 2.31. The van der Waals surface area contributed by atoms with Crippen LogP contribution < -0.4 is 5.32 Å². The SMILES string of the molecule is Cc1cccnc1-c1csc(NC(=O)c2cc(C(F)(F)F)nn2-c2ccccc2F)n1. The molecular weight excluding hydrogens is 434 g/mol. The van der Waals surface area contributed by atoms with Crippen molar-refractivity contribution in [2.24, 2.45) is 0 Å². The van der Waals surface area contributed by atoms with E-state index in [0.29, 0.717) is 22.1 Å². The molecule has 4 rings (SSSR count). The number of anilines is 1. The van der Waals surface area contributed by atoms with Crippen molar-refractivity contribution in [1.29, 1.82) is 0 Å². The van der Waals surface area contributed by atoms with Crippen LogP contribution in [0.25, 0.3) is 17.1 Å². The molecule has 0 bridgehead atoms. The first kappa shape index (κ1) is 20.7. The fourth-order valence-corrected chi connectivity index (χ4v) is 3.53. The zero-order chi connectivity index (χ0) is 22.2. The topological polar surface area (TPSA) is 72.7 Å². The van der Waals surface area contributed by atoms with Crippen molar-refractivity contribution in [3.05, 3.63) is 76.8 Å². The summed E-state index contributed by atoms with van der Waals surface area (Å²) in [6.07, 6.45) is -3.21. The third kappa shape index (κ3) is 4.17. The molecule has 0 unspecified atom stereocenters. The molecule has 3 heterocycles. The van der Waals surface area contributed by atoms with Crippen molar-refractivity contribution in [2.45, 2.75) is 13.1 Å². The van der Waals surface area contributed by atoms with E-state index in [2.05, 4.69) is 20.4 Å². The number of halogens is 4. The molecule has 158 valence electrons. The number of nitrogens with one attached hydrogen (secondary N) is 1. The van der Waals surface area contributed by atoms with Crippen LogP contribution in [0.15, 0.2) is 54.0 Å². The van der Waals surface area contributed by atoms with E-state index in [1.807, 2.05) is 13.0 Å². The highest BCUT2D eigenvalue weighted by atomic mass is 32.1. The number of benzene rings is 1. The lowest BCUT2D eigenvalue weighted by Gasteiger charge is -2.08. The Hall–Kier alpha value is -3.60. The van der Waals surface area contributed by atoms with E-state index in [9.17, 15) is 22.4 Å². The number of aryl methyl sites for hydroxylation is 1. The van der Waals surface area contributed by atoms with Gasteiger partial charge in [0.25, 0.3) is 5.91 Å². The summed E-state index contributed by atoms with van der Waals surface area (Å²) in [7, 11) is 0. The van der Waals surface area contributed by atoms with Crippen LogP contribution in [0.2, 0.25) is 0 Å². The molecule has 3 aromatic heterocycles. The second-order valence-corrected chi connectivity index (χ2v) is 7.29. The quantitative estimate of drug-likeness (QED) is 0.442. The standard InChI is InChI=1S/C20H13F4N5OS/c1-11-5-4-8-25-17(11)13-10-31-19(26-13)27-18(30)15-9-16(20(22,23)24)28-29(15)14-7-3-2-6-12(14)21/h2-10H,1H3,(H,26,27,30). The molecule has 0 saturated heterocycles. The van der Waals surface area contributed by atoms with E-state index in [-0.39, 0.29) is 10.8 Å². The van der Waals surface area contributed by atoms with Gasteiger partial charge in [0.1, 0.15) is 22.9 Å². The van der Waals surface area contributed by atoms with Gasteiger partial charge in [0.2, 0.25) is 0 Å². The average Bonchev–Trinajstić information content (AvgIpc) is 3.36. The Morgan fingerprint density at radius 2 is 1.94 bits per heavy atom. The fourth-order valence-electron chi connectivity index (χ4n) is 2.84. The van der Waals surface area contributed by atoms with Gasteiger partial charge in [0, 0.05) is 17.6 Å². The number of para-hydroxylation sites is 1.